The molecule has 0 radical (unpaired) electrons. The maximum absolute atomic E-state index is 12.4. The average molecular weight is 372 g/mol. The summed E-state index contributed by atoms with van der Waals surface area (Å²) in [4.78, 5) is 12.4. The molecule has 1 amide bonds. The maximum Gasteiger partial charge on any atom is 0.268 e. The van der Waals surface area contributed by atoms with E-state index in [2.05, 4.69) is 33.9 Å². The summed E-state index contributed by atoms with van der Waals surface area (Å²) in [7, 11) is 0. The Bertz CT molecular complexity index is 854. The van der Waals surface area contributed by atoms with E-state index in [1.165, 1.54) is 11.3 Å². The van der Waals surface area contributed by atoms with E-state index in [-0.39, 0.29) is 5.57 Å². The van der Waals surface area contributed by atoms with E-state index in [9.17, 15) is 10.1 Å². The number of nitrogens with one attached hydrogen (secondary N) is 1. The lowest BCUT2D eigenvalue weighted by Crippen LogP contribution is -2.13. The van der Waals surface area contributed by atoms with Crippen molar-refractivity contribution in [2.24, 2.45) is 5.92 Å². The summed E-state index contributed by atoms with van der Waals surface area (Å²) in [5, 5.41) is 21.2. The van der Waals surface area contributed by atoms with E-state index < -0.39 is 5.91 Å². The van der Waals surface area contributed by atoms with Crippen LogP contribution in [0.25, 0.3) is 6.08 Å². The Balaban J connectivity index is 2.21. The topological polar surface area (TPSA) is 83.6 Å². The van der Waals surface area contributed by atoms with E-state index >= 15 is 0 Å². The molecule has 6 nitrogen and oxygen atoms in total. The average Bonchev–Trinajstić information content (AvgIpc) is 3.15. The van der Waals surface area contributed by atoms with Crippen LogP contribution in [0.3, 0.4) is 0 Å². The molecule has 0 saturated heterocycles. The number of hydrogen-bond donors (Lipinski definition) is 1. The van der Waals surface area contributed by atoms with Gasteiger partial charge in [-0.05, 0) is 50.3 Å². The van der Waals surface area contributed by atoms with Gasteiger partial charge in [-0.3, -0.25) is 10.1 Å². The predicted octanol–water partition coefficient (Wildman–Crippen LogP) is 4.11. The fourth-order valence-corrected chi connectivity index (χ4v) is 3.30. The third-order valence-electron chi connectivity index (χ3n) is 4.20. The molecule has 0 spiro atoms. The summed E-state index contributed by atoms with van der Waals surface area (Å²) < 4.78 is 2.23. The van der Waals surface area contributed by atoms with E-state index in [0.29, 0.717) is 11.0 Å². The van der Waals surface area contributed by atoms with Crippen molar-refractivity contribution < 1.29 is 4.79 Å². The van der Waals surface area contributed by atoms with Crippen molar-refractivity contribution in [3.63, 3.8) is 0 Å². The molecular formula is C19H25N5OS. The Labute approximate surface area is 158 Å². The lowest BCUT2D eigenvalue weighted by molar-refractivity contribution is -0.112. The molecule has 0 fully saturated rings. The Morgan fingerprint density at radius 1 is 1.42 bits per heavy atom. The normalized spacial score (nSPS) is 11.7. The van der Waals surface area contributed by atoms with Crippen molar-refractivity contribution in [1.82, 2.24) is 14.8 Å². The highest BCUT2D eigenvalue weighted by molar-refractivity contribution is 7.15. The molecule has 0 aromatic carbocycles. The molecule has 2 heterocycles. The summed E-state index contributed by atoms with van der Waals surface area (Å²) in [6.45, 7) is 11.4. The van der Waals surface area contributed by atoms with Crippen LogP contribution >= 0.6 is 11.3 Å². The summed E-state index contributed by atoms with van der Waals surface area (Å²) in [5.41, 5.74) is 3.14. The van der Waals surface area contributed by atoms with Crippen LogP contribution in [0.2, 0.25) is 0 Å². The van der Waals surface area contributed by atoms with E-state index in [4.69, 9.17) is 0 Å². The molecule has 0 aliphatic rings. The van der Waals surface area contributed by atoms with Crippen LogP contribution in [0.15, 0.2) is 11.6 Å². The molecule has 0 aliphatic heterocycles. The molecule has 0 aliphatic carbocycles. The first-order valence-electron chi connectivity index (χ1n) is 8.77. The number of aryl methyl sites for hydroxylation is 2. The van der Waals surface area contributed by atoms with Gasteiger partial charge in [0.2, 0.25) is 5.13 Å². The van der Waals surface area contributed by atoms with Crippen LogP contribution in [-0.2, 0) is 17.8 Å². The zero-order valence-electron chi connectivity index (χ0n) is 16.0. The first-order chi connectivity index (χ1) is 12.3. The SMILES string of the molecule is CCc1nnc(NC(=O)/C(C#N)=C/c2cc(C)n(CCC(C)C)c2C)s1. The summed E-state index contributed by atoms with van der Waals surface area (Å²) in [6, 6.07) is 4.01. The highest BCUT2D eigenvalue weighted by Crippen LogP contribution is 2.21. The number of aromatic nitrogens is 3. The van der Waals surface area contributed by atoms with Gasteiger partial charge in [0.15, 0.2) is 0 Å². The molecule has 2 aromatic rings. The van der Waals surface area contributed by atoms with Gasteiger partial charge in [0.25, 0.3) is 5.91 Å². The molecule has 0 bridgehead atoms. The Morgan fingerprint density at radius 3 is 2.73 bits per heavy atom. The number of nitriles is 1. The fraction of sp³-hybridized carbons (Fsp3) is 0.474. The number of nitrogens with zero attached hydrogens (tertiary/aromatic N) is 4. The monoisotopic (exact) mass is 371 g/mol. The second-order valence-electron chi connectivity index (χ2n) is 6.64. The minimum absolute atomic E-state index is 0.0577. The zero-order chi connectivity index (χ0) is 19.3. The van der Waals surface area contributed by atoms with Gasteiger partial charge in [-0.15, -0.1) is 10.2 Å². The van der Waals surface area contributed by atoms with Crippen molar-refractivity contribution in [3.05, 3.63) is 33.6 Å². The maximum atomic E-state index is 12.4. The third-order valence-corrected chi connectivity index (χ3v) is 5.18. The number of rotatable bonds is 7. The van der Waals surface area contributed by atoms with Crippen LogP contribution in [0.1, 0.15) is 49.2 Å². The standard InChI is InChI=1S/C19H25N5OS/c1-6-17-22-23-19(26-17)21-18(25)16(11-20)10-15-9-13(4)24(14(15)5)8-7-12(2)3/h9-10,12H,6-8H2,1-5H3,(H,21,23,25)/b16-10+. The third kappa shape index (κ3) is 4.79. The Kier molecular flexibility index (Phi) is 6.70. The minimum Gasteiger partial charge on any atom is -0.349 e. The highest BCUT2D eigenvalue weighted by Gasteiger charge is 2.15. The van der Waals surface area contributed by atoms with E-state index in [1.807, 2.05) is 32.9 Å². The molecule has 26 heavy (non-hydrogen) atoms. The van der Waals surface area contributed by atoms with Gasteiger partial charge < -0.3 is 4.57 Å². The molecule has 0 saturated carbocycles. The number of hydrogen-bond acceptors (Lipinski definition) is 5. The number of carbonyl (C=O) groups excluding carboxylic acids is 1. The minimum atomic E-state index is -0.460. The van der Waals surface area contributed by atoms with Crippen LogP contribution in [0.4, 0.5) is 5.13 Å². The largest absolute Gasteiger partial charge is 0.349 e. The highest BCUT2D eigenvalue weighted by atomic mass is 32.1. The van der Waals surface area contributed by atoms with Crippen molar-refractivity contribution in [1.29, 1.82) is 5.26 Å². The number of anilines is 1. The van der Waals surface area contributed by atoms with Crippen LogP contribution in [-0.4, -0.2) is 20.7 Å². The first kappa shape index (κ1) is 19.9. The van der Waals surface area contributed by atoms with Gasteiger partial charge in [-0.1, -0.05) is 32.1 Å². The lowest BCUT2D eigenvalue weighted by atomic mass is 10.1. The molecule has 2 rings (SSSR count). The Morgan fingerprint density at radius 2 is 2.15 bits per heavy atom. The van der Waals surface area contributed by atoms with Gasteiger partial charge in [-0.25, -0.2) is 0 Å². The Hall–Kier alpha value is -2.46. The molecule has 0 atom stereocenters. The molecule has 2 aromatic heterocycles. The van der Waals surface area contributed by atoms with Crippen molar-refractivity contribution in [2.45, 2.75) is 54.0 Å². The summed E-state index contributed by atoms with van der Waals surface area (Å²) in [6.07, 6.45) is 3.49. The van der Waals surface area contributed by atoms with Crippen molar-refractivity contribution in [2.75, 3.05) is 5.32 Å². The fourth-order valence-electron chi connectivity index (χ4n) is 2.62. The van der Waals surface area contributed by atoms with Gasteiger partial charge in [0, 0.05) is 17.9 Å². The molecule has 0 unspecified atom stereocenters. The molecule has 138 valence electrons. The lowest BCUT2D eigenvalue weighted by Gasteiger charge is -2.11. The van der Waals surface area contributed by atoms with E-state index in [0.717, 1.165) is 41.3 Å². The second kappa shape index (κ2) is 8.77. The van der Waals surface area contributed by atoms with E-state index in [1.54, 1.807) is 6.08 Å². The number of amides is 1. The quantitative estimate of drug-likeness (QED) is 0.586. The summed E-state index contributed by atoms with van der Waals surface area (Å²) >= 11 is 1.32. The molecule has 7 heteroatoms. The molecular weight excluding hydrogens is 346 g/mol. The first-order valence-corrected chi connectivity index (χ1v) is 9.59. The van der Waals surface area contributed by atoms with Crippen molar-refractivity contribution in [3.8, 4) is 6.07 Å². The van der Waals surface area contributed by atoms with Crippen molar-refractivity contribution >= 4 is 28.5 Å². The van der Waals surface area contributed by atoms with Crippen LogP contribution < -0.4 is 5.32 Å². The number of carbonyl (C=O) groups is 1. The summed E-state index contributed by atoms with van der Waals surface area (Å²) in [5.74, 6) is 0.161. The second-order valence-corrected chi connectivity index (χ2v) is 7.70. The van der Waals surface area contributed by atoms with Gasteiger partial charge in [-0.2, -0.15) is 5.26 Å². The van der Waals surface area contributed by atoms with Gasteiger partial charge >= 0.3 is 0 Å². The van der Waals surface area contributed by atoms with Crippen LogP contribution in [0.5, 0.6) is 0 Å². The smallest absolute Gasteiger partial charge is 0.268 e. The van der Waals surface area contributed by atoms with Gasteiger partial charge in [0.05, 0.1) is 0 Å². The van der Waals surface area contributed by atoms with Gasteiger partial charge in [0.1, 0.15) is 16.6 Å². The molecule has 1 N–H and O–H groups in total. The zero-order valence-corrected chi connectivity index (χ0v) is 16.8. The predicted molar refractivity (Wildman–Crippen MR) is 105 cm³/mol. The van der Waals surface area contributed by atoms with Crippen LogP contribution in [0, 0.1) is 31.1 Å².